The summed E-state index contributed by atoms with van der Waals surface area (Å²) in [6, 6.07) is 17.3. The summed E-state index contributed by atoms with van der Waals surface area (Å²) in [7, 11) is 0. The number of hydrogen-bond acceptors (Lipinski definition) is 7. The van der Waals surface area contributed by atoms with Crippen molar-refractivity contribution < 1.29 is 23.7 Å². The molecule has 2 aromatic carbocycles. The number of nitriles is 1. The van der Waals surface area contributed by atoms with Gasteiger partial charge in [-0.15, -0.1) is 11.3 Å². The van der Waals surface area contributed by atoms with Gasteiger partial charge in [-0.05, 0) is 41.8 Å². The van der Waals surface area contributed by atoms with Gasteiger partial charge in [-0.1, -0.05) is 24.3 Å². The van der Waals surface area contributed by atoms with Crippen molar-refractivity contribution in [3.05, 3.63) is 64.9 Å². The Bertz CT molecular complexity index is 1030. The van der Waals surface area contributed by atoms with Gasteiger partial charge >= 0.3 is 5.97 Å². The molecule has 0 unspecified atom stereocenters. The summed E-state index contributed by atoms with van der Waals surface area (Å²) >= 11 is 1.51. The summed E-state index contributed by atoms with van der Waals surface area (Å²) < 4.78 is 22.4. The SMILES string of the molecule is N#Cc1ccc(-c2ccc(OCCCC(=O)OC3COc4cscc4OC3)cc2)cc1. The highest BCUT2D eigenvalue weighted by atomic mass is 32.1. The van der Waals surface area contributed by atoms with Gasteiger partial charge in [-0.3, -0.25) is 4.79 Å². The van der Waals surface area contributed by atoms with Crippen LogP contribution in [0.15, 0.2) is 59.3 Å². The highest BCUT2D eigenvalue weighted by molar-refractivity contribution is 7.08. The van der Waals surface area contributed by atoms with E-state index in [-0.39, 0.29) is 25.6 Å². The van der Waals surface area contributed by atoms with Gasteiger partial charge in [-0.2, -0.15) is 5.26 Å². The number of carbonyl (C=O) groups excluding carboxylic acids is 1. The van der Waals surface area contributed by atoms with Crippen molar-refractivity contribution in [3.63, 3.8) is 0 Å². The number of thiophene rings is 1. The maximum Gasteiger partial charge on any atom is 0.306 e. The van der Waals surface area contributed by atoms with Crippen LogP contribution in [0.1, 0.15) is 18.4 Å². The first-order valence-corrected chi connectivity index (χ1v) is 10.9. The van der Waals surface area contributed by atoms with E-state index >= 15 is 0 Å². The van der Waals surface area contributed by atoms with Crippen LogP contribution in [-0.4, -0.2) is 31.9 Å². The largest absolute Gasteiger partial charge is 0.494 e. The van der Waals surface area contributed by atoms with E-state index in [1.54, 1.807) is 12.1 Å². The zero-order valence-electron chi connectivity index (χ0n) is 16.8. The van der Waals surface area contributed by atoms with Gasteiger partial charge in [0.25, 0.3) is 0 Å². The molecule has 31 heavy (non-hydrogen) atoms. The molecule has 7 heteroatoms. The second kappa shape index (κ2) is 10.0. The molecule has 0 fully saturated rings. The maximum atomic E-state index is 12.1. The van der Waals surface area contributed by atoms with E-state index in [1.165, 1.54) is 11.3 Å². The third-order valence-electron chi connectivity index (χ3n) is 4.74. The van der Waals surface area contributed by atoms with Crippen LogP contribution in [0.25, 0.3) is 11.1 Å². The molecule has 0 saturated heterocycles. The molecule has 0 atom stereocenters. The lowest BCUT2D eigenvalue weighted by Gasteiger charge is -2.15. The minimum absolute atomic E-state index is 0.265. The van der Waals surface area contributed by atoms with Crippen LogP contribution in [0.5, 0.6) is 17.2 Å². The number of hydrogen-bond donors (Lipinski definition) is 0. The third-order valence-corrected chi connectivity index (χ3v) is 5.44. The lowest BCUT2D eigenvalue weighted by molar-refractivity contribution is -0.152. The number of esters is 1. The molecular weight excluding hydrogens is 414 g/mol. The zero-order valence-corrected chi connectivity index (χ0v) is 17.6. The number of nitrogens with zero attached hydrogens (tertiary/aromatic N) is 1. The van der Waals surface area contributed by atoms with Gasteiger partial charge in [0.2, 0.25) is 0 Å². The van der Waals surface area contributed by atoms with Gasteiger partial charge in [0.15, 0.2) is 17.6 Å². The van der Waals surface area contributed by atoms with Gasteiger partial charge in [-0.25, -0.2) is 0 Å². The van der Waals surface area contributed by atoms with Crippen molar-refractivity contribution in [2.75, 3.05) is 19.8 Å². The standard InChI is InChI=1S/C24H21NO5S/c25-12-17-3-5-18(6-4-17)19-7-9-20(10-8-19)27-11-1-2-24(26)30-21-13-28-22-15-31-16-23(22)29-14-21/h3-10,15-16,21H,1-2,11,13-14H2. The van der Waals surface area contributed by atoms with Gasteiger partial charge in [0.1, 0.15) is 19.0 Å². The topological polar surface area (TPSA) is 77.8 Å². The summed E-state index contributed by atoms with van der Waals surface area (Å²) in [6.45, 7) is 0.995. The Hall–Kier alpha value is -3.50. The second-order valence-corrected chi connectivity index (χ2v) is 7.74. The first-order chi connectivity index (χ1) is 15.2. The van der Waals surface area contributed by atoms with Crippen LogP contribution in [0.3, 0.4) is 0 Å². The van der Waals surface area contributed by atoms with Gasteiger partial charge in [0, 0.05) is 17.2 Å². The summed E-state index contributed by atoms with van der Waals surface area (Å²) in [5.41, 5.74) is 2.72. The van der Waals surface area contributed by atoms with Gasteiger partial charge < -0.3 is 18.9 Å². The molecule has 0 aliphatic carbocycles. The number of ether oxygens (including phenoxy) is 4. The first-order valence-electron chi connectivity index (χ1n) is 9.96. The van der Waals surface area contributed by atoms with Crippen molar-refractivity contribution in [2.45, 2.75) is 18.9 Å². The van der Waals surface area contributed by atoms with Crippen molar-refractivity contribution >= 4 is 17.3 Å². The molecule has 158 valence electrons. The molecule has 1 aliphatic rings. The molecule has 0 radical (unpaired) electrons. The molecule has 3 aromatic rings. The molecule has 1 aliphatic heterocycles. The minimum Gasteiger partial charge on any atom is -0.494 e. The van der Waals surface area contributed by atoms with Crippen LogP contribution >= 0.6 is 11.3 Å². The summed E-state index contributed by atoms with van der Waals surface area (Å²) in [5.74, 6) is 1.84. The summed E-state index contributed by atoms with van der Waals surface area (Å²) in [4.78, 5) is 12.1. The smallest absolute Gasteiger partial charge is 0.306 e. The fourth-order valence-corrected chi connectivity index (χ4v) is 3.78. The average molecular weight is 436 g/mol. The first kappa shape index (κ1) is 20.8. The maximum absolute atomic E-state index is 12.1. The van der Waals surface area contributed by atoms with Crippen molar-refractivity contribution in [1.82, 2.24) is 0 Å². The Morgan fingerprint density at radius 2 is 1.61 bits per heavy atom. The minimum atomic E-state index is -0.416. The normalized spacial score (nSPS) is 13.1. The molecule has 0 amide bonds. The van der Waals surface area contributed by atoms with E-state index in [9.17, 15) is 4.79 Å². The highest BCUT2D eigenvalue weighted by Gasteiger charge is 2.22. The Balaban J connectivity index is 1.17. The van der Waals surface area contributed by atoms with E-state index < -0.39 is 6.10 Å². The molecule has 0 N–H and O–H groups in total. The monoisotopic (exact) mass is 435 g/mol. The van der Waals surface area contributed by atoms with Crippen molar-refractivity contribution in [1.29, 1.82) is 5.26 Å². The summed E-state index contributed by atoms with van der Waals surface area (Å²) in [6.07, 6.45) is 0.402. The fraction of sp³-hybridized carbons (Fsp3) is 0.250. The number of fused-ring (bicyclic) bond motifs is 1. The fourth-order valence-electron chi connectivity index (χ4n) is 3.10. The van der Waals surface area contributed by atoms with E-state index in [0.717, 1.165) is 16.9 Å². The molecule has 6 nitrogen and oxygen atoms in total. The predicted molar refractivity (Wildman–Crippen MR) is 117 cm³/mol. The van der Waals surface area contributed by atoms with Crippen LogP contribution in [0, 0.1) is 11.3 Å². The van der Waals surface area contributed by atoms with E-state index in [0.29, 0.717) is 30.1 Å². The molecule has 4 rings (SSSR count). The quantitative estimate of drug-likeness (QED) is 0.391. The van der Waals surface area contributed by atoms with Gasteiger partial charge in [0.05, 0.1) is 18.2 Å². The van der Waals surface area contributed by atoms with E-state index in [4.69, 9.17) is 24.2 Å². The Labute approximate surface area is 184 Å². The molecular formula is C24H21NO5S. The predicted octanol–water partition coefficient (Wildman–Crippen LogP) is 4.83. The molecule has 0 spiro atoms. The van der Waals surface area contributed by atoms with Crippen LogP contribution < -0.4 is 14.2 Å². The third kappa shape index (κ3) is 5.56. The molecule has 0 bridgehead atoms. The average Bonchev–Trinajstić information content (AvgIpc) is 3.18. The van der Waals surface area contributed by atoms with Crippen molar-refractivity contribution in [3.8, 4) is 34.4 Å². The van der Waals surface area contributed by atoms with Crippen LogP contribution in [-0.2, 0) is 9.53 Å². The lowest BCUT2D eigenvalue weighted by Crippen LogP contribution is -2.29. The summed E-state index contributed by atoms with van der Waals surface area (Å²) in [5, 5.41) is 12.6. The van der Waals surface area contributed by atoms with Crippen molar-refractivity contribution in [2.24, 2.45) is 0 Å². The lowest BCUT2D eigenvalue weighted by atomic mass is 10.0. The number of carbonyl (C=O) groups is 1. The second-order valence-electron chi connectivity index (χ2n) is 7.00. The molecule has 2 heterocycles. The molecule has 0 saturated carbocycles. The zero-order chi connectivity index (χ0) is 21.5. The highest BCUT2D eigenvalue weighted by Crippen LogP contribution is 2.33. The number of benzene rings is 2. The Morgan fingerprint density at radius 3 is 2.23 bits per heavy atom. The Kier molecular flexibility index (Phi) is 6.70. The van der Waals surface area contributed by atoms with Crippen LogP contribution in [0.4, 0.5) is 0 Å². The Morgan fingerprint density at radius 1 is 1.00 bits per heavy atom. The van der Waals surface area contributed by atoms with E-state index in [2.05, 4.69) is 6.07 Å². The number of rotatable bonds is 7. The van der Waals surface area contributed by atoms with E-state index in [1.807, 2.05) is 47.2 Å². The molecule has 1 aromatic heterocycles. The van der Waals surface area contributed by atoms with Crippen LogP contribution in [0.2, 0.25) is 0 Å².